The molecule has 1 N–H and O–H groups in total. The molecule has 0 atom stereocenters. The first-order valence-corrected chi connectivity index (χ1v) is 13.0. The van der Waals surface area contributed by atoms with Gasteiger partial charge in [0.2, 0.25) is 11.8 Å². The number of urea groups is 1. The van der Waals surface area contributed by atoms with Crippen molar-refractivity contribution < 1.29 is 31.3 Å². The molecule has 14 heteroatoms. The number of nitrogens with one attached hydrogen (secondary N) is 1. The largest absolute Gasteiger partial charge is 0.470 e. The molecule has 1 saturated heterocycles. The van der Waals surface area contributed by atoms with Gasteiger partial charge in [-0.05, 0) is 57.1 Å². The maximum absolute atomic E-state index is 15.1. The molecule has 0 spiro atoms. The number of likely N-dealkylation sites (tertiary alicyclic amines) is 1. The first-order chi connectivity index (χ1) is 19.7. The van der Waals surface area contributed by atoms with Crippen LogP contribution in [0.5, 0.6) is 0 Å². The minimum atomic E-state index is -4.81. The molecular weight excluding hydrogens is 546 g/mol. The molecule has 4 aromatic rings. The molecule has 5 rings (SSSR count). The van der Waals surface area contributed by atoms with Gasteiger partial charge in [-0.3, -0.25) is 4.90 Å². The second-order valence-corrected chi connectivity index (χ2v) is 9.67. The Hall–Kier alpha value is -4.33. The van der Waals surface area contributed by atoms with Gasteiger partial charge in [-0.2, -0.15) is 18.2 Å². The van der Waals surface area contributed by atoms with Crippen LogP contribution in [0.4, 0.5) is 28.0 Å². The third-order valence-electron chi connectivity index (χ3n) is 6.79. The van der Waals surface area contributed by atoms with Gasteiger partial charge in [0.05, 0.1) is 6.54 Å². The zero-order valence-corrected chi connectivity index (χ0v) is 22.1. The number of anilines is 1. The molecule has 10 nitrogen and oxygen atoms in total. The van der Waals surface area contributed by atoms with Gasteiger partial charge in [-0.25, -0.2) is 9.18 Å². The van der Waals surface area contributed by atoms with Crippen molar-refractivity contribution in [3.8, 4) is 11.5 Å². The van der Waals surface area contributed by atoms with E-state index in [2.05, 4.69) is 35.0 Å². The molecule has 0 saturated carbocycles. The van der Waals surface area contributed by atoms with Crippen molar-refractivity contribution in [2.24, 2.45) is 0 Å². The number of para-hydroxylation sites is 1. The number of rotatable bonds is 8. The first kappa shape index (κ1) is 28.2. The summed E-state index contributed by atoms with van der Waals surface area (Å²) >= 11 is 0. The lowest BCUT2D eigenvalue weighted by molar-refractivity contribution is -0.156. The van der Waals surface area contributed by atoms with Gasteiger partial charge >= 0.3 is 18.1 Å². The number of aryl methyl sites for hydroxylation is 1. The highest BCUT2D eigenvalue weighted by molar-refractivity contribution is 5.91. The molecule has 1 aliphatic heterocycles. The molecule has 0 radical (unpaired) electrons. The zero-order valence-electron chi connectivity index (χ0n) is 22.1. The second-order valence-electron chi connectivity index (χ2n) is 9.67. The molecule has 1 fully saturated rings. The summed E-state index contributed by atoms with van der Waals surface area (Å²) in [6.07, 6.45) is -3.05. The van der Waals surface area contributed by atoms with Gasteiger partial charge in [0.1, 0.15) is 5.82 Å². The summed E-state index contributed by atoms with van der Waals surface area (Å²) < 4.78 is 63.4. The van der Waals surface area contributed by atoms with E-state index >= 15 is 4.39 Å². The van der Waals surface area contributed by atoms with E-state index in [0.29, 0.717) is 30.5 Å². The maximum Gasteiger partial charge on any atom is 0.470 e. The lowest BCUT2D eigenvalue weighted by Crippen LogP contribution is -2.44. The minimum Gasteiger partial charge on any atom is -0.413 e. The number of carbonyl (C=O) groups excluding carboxylic acids is 1. The second kappa shape index (κ2) is 12.0. The summed E-state index contributed by atoms with van der Waals surface area (Å²) in [4.78, 5) is 21.2. The minimum absolute atomic E-state index is 0.0111. The normalized spacial score (nSPS) is 14.8. The third-order valence-corrected chi connectivity index (χ3v) is 6.79. The summed E-state index contributed by atoms with van der Waals surface area (Å²) in [5, 5.41) is 13.1. The van der Waals surface area contributed by atoms with Gasteiger partial charge in [0, 0.05) is 35.8 Å². The van der Waals surface area contributed by atoms with Crippen LogP contribution in [0.15, 0.2) is 57.5 Å². The van der Waals surface area contributed by atoms with Gasteiger partial charge in [-0.1, -0.05) is 29.4 Å². The maximum atomic E-state index is 15.1. The van der Waals surface area contributed by atoms with Crippen LogP contribution >= 0.6 is 0 Å². The van der Waals surface area contributed by atoms with E-state index in [-0.39, 0.29) is 23.6 Å². The Balaban J connectivity index is 1.20. The molecule has 2 aromatic carbocycles. The number of hydrogen-bond acceptors (Lipinski definition) is 8. The summed E-state index contributed by atoms with van der Waals surface area (Å²) in [6.45, 7) is 4.34. The van der Waals surface area contributed by atoms with Gasteiger partial charge in [0.15, 0.2) is 5.82 Å². The molecular formula is C27H27F4N7O3. The molecule has 2 aromatic heterocycles. The van der Waals surface area contributed by atoms with E-state index in [4.69, 9.17) is 4.52 Å². The van der Waals surface area contributed by atoms with Crippen LogP contribution in [0, 0.1) is 12.7 Å². The van der Waals surface area contributed by atoms with Gasteiger partial charge in [-0.15, -0.1) is 10.2 Å². The number of amides is 2. The lowest BCUT2D eigenvalue weighted by atomic mass is 9.97. The predicted molar refractivity (Wildman–Crippen MR) is 138 cm³/mol. The Morgan fingerprint density at radius 2 is 1.88 bits per heavy atom. The van der Waals surface area contributed by atoms with Crippen molar-refractivity contribution in [1.29, 1.82) is 0 Å². The number of nitrogens with zero attached hydrogens (tertiary/aromatic N) is 6. The van der Waals surface area contributed by atoms with Gasteiger partial charge < -0.3 is 19.2 Å². The quantitative estimate of drug-likeness (QED) is 0.287. The fraction of sp³-hybridized carbons (Fsp3) is 0.370. The Bertz CT molecular complexity index is 1470. The number of aromatic nitrogens is 4. The average Bonchev–Trinajstić information content (AvgIpc) is 3.63. The molecule has 41 heavy (non-hydrogen) atoms. The molecule has 2 amide bonds. The molecule has 0 unspecified atom stereocenters. The van der Waals surface area contributed by atoms with Crippen molar-refractivity contribution in [3.05, 3.63) is 77.5 Å². The highest BCUT2D eigenvalue weighted by Gasteiger charge is 2.38. The highest BCUT2D eigenvalue weighted by atomic mass is 19.4. The lowest BCUT2D eigenvalue weighted by Gasteiger charge is -2.30. The number of hydrogen-bond donors (Lipinski definition) is 1. The van der Waals surface area contributed by atoms with Crippen LogP contribution in [0.25, 0.3) is 11.5 Å². The van der Waals surface area contributed by atoms with Crippen LogP contribution < -0.4 is 10.2 Å². The third kappa shape index (κ3) is 6.88. The summed E-state index contributed by atoms with van der Waals surface area (Å²) in [7, 11) is 0. The monoisotopic (exact) mass is 573 g/mol. The smallest absolute Gasteiger partial charge is 0.413 e. The summed E-state index contributed by atoms with van der Waals surface area (Å²) in [5.41, 5.74) is 0.695. The fourth-order valence-electron chi connectivity index (χ4n) is 4.62. The van der Waals surface area contributed by atoms with E-state index in [1.807, 2.05) is 0 Å². The molecule has 216 valence electrons. The van der Waals surface area contributed by atoms with Crippen LogP contribution in [-0.4, -0.2) is 57.4 Å². The summed E-state index contributed by atoms with van der Waals surface area (Å²) in [5.74, 6) is -1.20. The topological polar surface area (TPSA) is 113 Å². The van der Waals surface area contributed by atoms with Gasteiger partial charge in [0.25, 0.3) is 0 Å². The number of carbonyl (C=O) groups is 1. The van der Waals surface area contributed by atoms with E-state index < -0.39 is 29.8 Å². The first-order valence-electron chi connectivity index (χ1n) is 13.0. The Morgan fingerprint density at radius 3 is 2.51 bits per heavy atom. The standard InChI is InChI=1S/C27H27F4N7O3/c1-17-33-23(41-36-17)18-9-12-37(13-10-18)14-11-32-26(39)38(21-5-3-2-4-6-21)16-20-8-7-19(15-22(20)28)24-34-35-25(40-24)27(29,30)31/h2-8,15,18H,9-14,16H2,1H3,(H,32,39). The van der Waals surface area contributed by atoms with Crippen LogP contribution in [-0.2, 0) is 12.7 Å². The van der Waals surface area contributed by atoms with Crippen LogP contribution in [0.3, 0.4) is 0 Å². The number of benzene rings is 2. The SMILES string of the molecule is Cc1noc(C2CCN(CCNC(=O)N(Cc3ccc(-c4nnc(C(F)(F)F)o4)cc3F)c3ccccc3)CC2)n1. The van der Waals surface area contributed by atoms with Crippen molar-refractivity contribution >= 4 is 11.7 Å². The highest BCUT2D eigenvalue weighted by Crippen LogP contribution is 2.31. The fourth-order valence-corrected chi connectivity index (χ4v) is 4.62. The molecule has 3 heterocycles. The van der Waals surface area contributed by atoms with Crippen LogP contribution in [0.1, 0.15) is 41.9 Å². The zero-order chi connectivity index (χ0) is 29.0. The number of piperidine rings is 1. The van der Waals surface area contributed by atoms with Crippen molar-refractivity contribution in [3.63, 3.8) is 0 Å². The van der Waals surface area contributed by atoms with Crippen molar-refractivity contribution in [1.82, 2.24) is 30.6 Å². The van der Waals surface area contributed by atoms with E-state index in [1.54, 1.807) is 37.3 Å². The predicted octanol–water partition coefficient (Wildman–Crippen LogP) is 5.18. The molecule has 0 bridgehead atoms. The average molecular weight is 574 g/mol. The number of halogens is 4. The van der Waals surface area contributed by atoms with Crippen molar-refractivity contribution in [2.45, 2.75) is 38.4 Å². The van der Waals surface area contributed by atoms with Crippen LogP contribution in [0.2, 0.25) is 0 Å². The molecule has 0 aliphatic carbocycles. The summed E-state index contributed by atoms with van der Waals surface area (Å²) in [6, 6.07) is 12.1. The van der Waals surface area contributed by atoms with Crippen molar-refractivity contribution in [2.75, 3.05) is 31.1 Å². The number of alkyl halides is 3. The van der Waals surface area contributed by atoms with E-state index in [9.17, 15) is 18.0 Å². The van der Waals surface area contributed by atoms with E-state index in [1.165, 1.54) is 17.0 Å². The Morgan fingerprint density at radius 1 is 1.12 bits per heavy atom. The Kier molecular flexibility index (Phi) is 8.28. The van der Waals surface area contributed by atoms with E-state index in [0.717, 1.165) is 32.0 Å². The molecule has 1 aliphatic rings. The Labute approximate surface area is 232 Å².